The molecule has 0 aliphatic rings. The summed E-state index contributed by atoms with van der Waals surface area (Å²) in [4.78, 5) is 18.8. The summed E-state index contributed by atoms with van der Waals surface area (Å²) in [5.74, 6) is 0.539. The molecule has 1 unspecified atom stereocenters. The van der Waals surface area contributed by atoms with Crippen molar-refractivity contribution in [3.05, 3.63) is 41.0 Å². The van der Waals surface area contributed by atoms with E-state index in [0.29, 0.717) is 16.6 Å². The molecule has 0 spiro atoms. The number of carbonyl (C=O) groups excluding carboxylic acids is 1. The maximum Gasteiger partial charge on any atom is 0.254 e. The molecule has 4 heteroatoms. The number of hydrogen-bond acceptors (Lipinski definition) is 2. The van der Waals surface area contributed by atoms with Crippen LogP contribution in [-0.2, 0) is 0 Å². The van der Waals surface area contributed by atoms with Gasteiger partial charge in [0.25, 0.3) is 5.91 Å². The van der Waals surface area contributed by atoms with Gasteiger partial charge in [-0.15, -0.1) is 0 Å². The van der Waals surface area contributed by atoms with Crippen LogP contribution in [0.3, 0.4) is 0 Å². The third-order valence-corrected chi connectivity index (χ3v) is 3.90. The van der Waals surface area contributed by atoms with Gasteiger partial charge in [0.2, 0.25) is 0 Å². The Balaban J connectivity index is 2.39. The van der Waals surface area contributed by atoms with Crippen molar-refractivity contribution >= 4 is 28.4 Å². The summed E-state index contributed by atoms with van der Waals surface area (Å²) >= 11 is 6.05. The summed E-state index contributed by atoms with van der Waals surface area (Å²) in [7, 11) is 1.85. The first-order valence-electron chi connectivity index (χ1n) is 7.22. The molecule has 0 saturated heterocycles. The largest absolute Gasteiger partial charge is 0.339 e. The van der Waals surface area contributed by atoms with E-state index in [9.17, 15) is 4.79 Å². The number of benzene rings is 1. The third kappa shape index (κ3) is 3.53. The molecule has 2 aromatic rings. The lowest BCUT2D eigenvalue weighted by atomic mass is 10.0. The van der Waals surface area contributed by atoms with Gasteiger partial charge in [0, 0.05) is 18.5 Å². The first-order chi connectivity index (χ1) is 9.90. The SMILES string of the molecule is CC(C)CC(C)N(C)C(=O)c1cc(Cl)nc2ccccc12. The molecule has 0 bridgehead atoms. The number of nitrogens with zero attached hydrogens (tertiary/aromatic N) is 2. The molecule has 1 heterocycles. The smallest absolute Gasteiger partial charge is 0.254 e. The van der Waals surface area contributed by atoms with Crippen molar-refractivity contribution in [2.24, 2.45) is 5.92 Å². The van der Waals surface area contributed by atoms with Gasteiger partial charge in [0.05, 0.1) is 11.1 Å². The monoisotopic (exact) mass is 304 g/mol. The van der Waals surface area contributed by atoms with Gasteiger partial charge in [-0.1, -0.05) is 43.6 Å². The predicted molar refractivity (Wildman–Crippen MR) is 87.8 cm³/mol. The highest BCUT2D eigenvalue weighted by atomic mass is 35.5. The van der Waals surface area contributed by atoms with Gasteiger partial charge in [0.15, 0.2) is 0 Å². The van der Waals surface area contributed by atoms with Crippen LogP contribution in [0.4, 0.5) is 0 Å². The van der Waals surface area contributed by atoms with Crippen LogP contribution in [0.15, 0.2) is 30.3 Å². The van der Waals surface area contributed by atoms with Crippen molar-refractivity contribution in [1.29, 1.82) is 0 Å². The third-order valence-electron chi connectivity index (χ3n) is 3.71. The highest BCUT2D eigenvalue weighted by Crippen LogP contribution is 2.23. The minimum absolute atomic E-state index is 0.0105. The van der Waals surface area contributed by atoms with E-state index in [0.717, 1.165) is 17.3 Å². The van der Waals surface area contributed by atoms with E-state index < -0.39 is 0 Å². The van der Waals surface area contributed by atoms with E-state index in [1.807, 2.05) is 31.3 Å². The number of pyridine rings is 1. The van der Waals surface area contributed by atoms with E-state index in [1.54, 1.807) is 11.0 Å². The number of para-hydroxylation sites is 1. The van der Waals surface area contributed by atoms with Gasteiger partial charge in [-0.05, 0) is 31.4 Å². The van der Waals surface area contributed by atoms with E-state index in [2.05, 4.69) is 25.8 Å². The topological polar surface area (TPSA) is 33.2 Å². The quantitative estimate of drug-likeness (QED) is 0.785. The summed E-state index contributed by atoms with van der Waals surface area (Å²) in [6, 6.07) is 9.42. The Bertz CT molecular complexity index is 654. The number of rotatable bonds is 4. The molecule has 0 N–H and O–H groups in total. The Kier molecular flexibility index (Phi) is 4.84. The van der Waals surface area contributed by atoms with Crippen molar-refractivity contribution < 1.29 is 4.79 Å². The number of aromatic nitrogens is 1. The van der Waals surface area contributed by atoms with Crippen molar-refractivity contribution in [3.63, 3.8) is 0 Å². The van der Waals surface area contributed by atoms with E-state index in [-0.39, 0.29) is 11.9 Å². The first kappa shape index (κ1) is 15.8. The number of carbonyl (C=O) groups is 1. The molecule has 1 aromatic carbocycles. The Morgan fingerprint density at radius 2 is 1.95 bits per heavy atom. The molecular formula is C17H21ClN2O. The fraction of sp³-hybridized carbons (Fsp3) is 0.412. The van der Waals surface area contributed by atoms with Crippen LogP contribution in [0.25, 0.3) is 10.9 Å². The summed E-state index contributed by atoms with van der Waals surface area (Å²) in [5, 5.41) is 1.19. The van der Waals surface area contributed by atoms with Gasteiger partial charge in [0.1, 0.15) is 5.15 Å². The Morgan fingerprint density at radius 1 is 1.29 bits per heavy atom. The minimum atomic E-state index is -0.0105. The molecule has 0 aliphatic heterocycles. The predicted octanol–water partition coefficient (Wildman–Crippen LogP) is 4.39. The second-order valence-electron chi connectivity index (χ2n) is 5.90. The van der Waals surface area contributed by atoms with Gasteiger partial charge >= 0.3 is 0 Å². The number of halogens is 1. The van der Waals surface area contributed by atoms with Crippen molar-refractivity contribution in [1.82, 2.24) is 9.88 Å². The standard InChI is InChI=1S/C17H21ClN2O/c1-11(2)9-12(3)20(4)17(21)14-10-16(18)19-15-8-6-5-7-13(14)15/h5-8,10-12H,9H2,1-4H3. The second-order valence-corrected chi connectivity index (χ2v) is 6.29. The summed E-state index contributed by atoms with van der Waals surface area (Å²) in [5.41, 5.74) is 1.36. The van der Waals surface area contributed by atoms with E-state index in [1.165, 1.54) is 0 Å². The lowest BCUT2D eigenvalue weighted by molar-refractivity contribution is 0.0730. The zero-order chi connectivity index (χ0) is 15.6. The highest BCUT2D eigenvalue weighted by Gasteiger charge is 2.21. The van der Waals surface area contributed by atoms with Crippen LogP contribution in [0.5, 0.6) is 0 Å². The molecule has 1 amide bonds. The fourth-order valence-electron chi connectivity index (χ4n) is 2.55. The minimum Gasteiger partial charge on any atom is -0.339 e. The molecule has 0 aliphatic carbocycles. The van der Waals surface area contributed by atoms with Crippen molar-refractivity contribution in [2.75, 3.05) is 7.05 Å². The summed E-state index contributed by atoms with van der Waals surface area (Å²) in [6.07, 6.45) is 0.971. The number of hydrogen-bond donors (Lipinski definition) is 0. The molecule has 21 heavy (non-hydrogen) atoms. The Morgan fingerprint density at radius 3 is 2.62 bits per heavy atom. The van der Waals surface area contributed by atoms with Gasteiger partial charge in [-0.25, -0.2) is 4.98 Å². The molecule has 2 rings (SSSR count). The first-order valence-corrected chi connectivity index (χ1v) is 7.60. The van der Waals surface area contributed by atoms with Crippen LogP contribution in [0.2, 0.25) is 5.15 Å². The van der Waals surface area contributed by atoms with E-state index in [4.69, 9.17) is 11.6 Å². The van der Waals surface area contributed by atoms with Crippen molar-refractivity contribution in [3.8, 4) is 0 Å². The average Bonchev–Trinajstić information content (AvgIpc) is 2.44. The zero-order valence-corrected chi connectivity index (χ0v) is 13.7. The number of fused-ring (bicyclic) bond motifs is 1. The van der Waals surface area contributed by atoms with Crippen molar-refractivity contribution in [2.45, 2.75) is 33.2 Å². The molecule has 3 nitrogen and oxygen atoms in total. The number of amides is 1. The molecule has 1 atom stereocenters. The maximum absolute atomic E-state index is 12.8. The Labute approximate surface area is 130 Å². The summed E-state index contributed by atoms with van der Waals surface area (Å²) in [6.45, 7) is 6.39. The van der Waals surface area contributed by atoms with Gasteiger partial charge in [-0.2, -0.15) is 0 Å². The van der Waals surface area contributed by atoms with Crippen LogP contribution < -0.4 is 0 Å². The van der Waals surface area contributed by atoms with Crippen LogP contribution in [-0.4, -0.2) is 28.9 Å². The lowest BCUT2D eigenvalue weighted by Gasteiger charge is -2.27. The summed E-state index contributed by atoms with van der Waals surface area (Å²) < 4.78 is 0. The van der Waals surface area contributed by atoms with Crippen LogP contribution in [0, 0.1) is 5.92 Å². The van der Waals surface area contributed by atoms with Gasteiger partial charge in [-0.3, -0.25) is 4.79 Å². The second kappa shape index (κ2) is 6.44. The molecule has 0 saturated carbocycles. The molecular weight excluding hydrogens is 284 g/mol. The highest BCUT2D eigenvalue weighted by molar-refractivity contribution is 6.30. The lowest BCUT2D eigenvalue weighted by Crippen LogP contribution is -2.36. The average molecular weight is 305 g/mol. The Hall–Kier alpha value is -1.61. The molecule has 1 aromatic heterocycles. The van der Waals surface area contributed by atoms with Crippen LogP contribution >= 0.6 is 11.6 Å². The fourth-order valence-corrected chi connectivity index (χ4v) is 2.75. The molecule has 0 radical (unpaired) electrons. The normalized spacial score (nSPS) is 12.7. The molecule has 0 fully saturated rings. The van der Waals surface area contributed by atoms with Crippen LogP contribution in [0.1, 0.15) is 37.6 Å². The van der Waals surface area contributed by atoms with E-state index >= 15 is 0 Å². The van der Waals surface area contributed by atoms with Gasteiger partial charge < -0.3 is 4.90 Å². The maximum atomic E-state index is 12.8. The molecule has 112 valence electrons. The zero-order valence-electron chi connectivity index (χ0n) is 12.9.